The molecule has 0 aliphatic carbocycles. The molecule has 1 fully saturated rings. The Morgan fingerprint density at radius 3 is 2.56 bits per heavy atom. The van der Waals surface area contributed by atoms with Gasteiger partial charge in [0.15, 0.2) is 11.4 Å². The molecule has 1 amide bonds. The fourth-order valence-electron chi connectivity index (χ4n) is 3.68. The second-order valence-corrected chi connectivity index (χ2v) is 9.12. The summed E-state index contributed by atoms with van der Waals surface area (Å²) in [4.78, 5) is 15.3. The Bertz CT molecular complexity index is 1130. The molecule has 1 aliphatic heterocycles. The highest BCUT2D eigenvalue weighted by molar-refractivity contribution is 7.99. The molecule has 2 heterocycles. The van der Waals surface area contributed by atoms with Gasteiger partial charge in [-0.25, -0.2) is 4.68 Å². The van der Waals surface area contributed by atoms with E-state index in [0.29, 0.717) is 5.69 Å². The van der Waals surface area contributed by atoms with Crippen LogP contribution in [-0.2, 0) is 12.6 Å². The number of hydrogen-bond acceptors (Lipinski definition) is 5. The molecule has 1 aromatic heterocycles. The van der Waals surface area contributed by atoms with Crippen molar-refractivity contribution in [3.05, 3.63) is 71.5 Å². The maximum Gasteiger partial charge on any atom is 0.416 e. The van der Waals surface area contributed by atoms with Crippen LogP contribution in [0.3, 0.4) is 0 Å². The van der Waals surface area contributed by atoms with Crippen LogP contribution >= 0.6 is 11.8 Å². The first-order chi connectivity index (χ1) is 16.3. The van der Waals surface area contributed by atoms with Gasteiger partial charge in [-0.3, -0.25) is 4.79 Å². The van der Waals surface area contributed by atoms with Gasteiger partial charge in [0.25, 0.3) is 5.91 Å². The zero-order valence-corrected chi connectivity index (χ0v) is 19.5. The van der Waals surface area contributed by atoms with Crippen molar-refractivity contribution in [1.29, 1.82) is 0 Å². The quantitative estimate of drug-likeness (QED) is 0.518. The maximum absolute atomic E-state index is 13.1. The van der Waals surface area contributed by atoms with E-state index in [0.717, 1.165) is 38.2 Å². The molecule has 2 aromatic carbocycles. The third-order valence-corrected chi connectivity index (χ3v) is 6.53. The molecule has 0 radical (unpaired) electrons. The minimum absolute atomic E-state index is 0.0213. The van der Waals surface area contributed by atoms with Crippen molar-refractivity contribution in [2.75, 3.05) is 43.6 Å². The summed E-state index contributed by atoms with van der Waals surface area (Å²) >= 11 is 1.99. The second kappa shape index (κ2) is 10.5. The third kappa shape index (κ3) is 5.92. The first kappa shape index (κ1) is 24.2. The molecule has 34 heavy (non-hydrogen) atoms. The van der Waals surface area contributed by atoms with Crippen molar-refractivity contribution >= 4 is 23.4 Å². The minimum atomic E-state index is -4.48. The van der Waals surface area contributed by atoms with Gasteiger partial charge in [-0.2, -0.15) is 30.0 Å². The summed E-state index contributed by atoms with van der Waals surface area (Å²) < 4.78 is 45.6. The van der Waals surface area contributed by atoms with Crippen LogP contribution in [0, 0.1) is 0 Å². The van der Waals surface area contributed by atoms with Crippen LogP contribution in [0.5, 0.6) is 5.75 Å². The SMILES string of the molecule is COc1cn(-c2cccc(C(F)(F)F)c2)nc1C(=O)Nc1ccc(CCN2CCSCC2)cc1. The van der Waals surface area contributed by atoms with E-state index in [1.54, 1.807) is 0 Å². The molecule has 0 bridgehead atoms. The molecule has 0 unspecified atom stereocenters. The Balaban J connectivity index is 1.43. The number of alkyl halides is 3. The van der Waals surface area contributed by atoms with Gasteiger partial charge in [0.2, 0.25) is 0 Å². The lowest BCUT2D eigenvalue weighted by Crippen LogP contribution is -2.34. The fourth-order valence-corrected chi connectivity index (χ4v) is 4.66. The average molecular weight is 491 g/mol. The number of nitrogens with one attached hydrogen (secondary N) is 1. The fraction of sp³-hybridized carbons (Fsp3) is 0.333. The zero-order valence-electron chi connectivity index (χ0n) is 18.6. The highest BCUT2D eigenvalue weighted by Crippen LogP contribution is 2.31. The second-order valence-electron chi connectivity index (χ2n) is 7.89. The number of amides is 1. The standard InChI is InChI=1S/C24H25F3N4O2S/c1-33-21-16-31(20-4-2-3-18(15-20)24(25,26)27)29-22(21)23(32)28-19-7-5-17(6-8-19)9-10-30-11-13-34-14-12-30/h2-8,15-16H,9-14H2,1H3,(H,28,32). The van der Waals surface area contributed by atoms with Crippen LogP contribution in [0.25, 0.3) is 5.69 Å². The zero-order chi connectivity index (χ0) is 24.1. The molecule has 3 aromatic rings. The third-order valence-electron chi connectivity index (χ3n) is 5.59. The Morgan fingerprint density at radius 2 is 1.88 bits per heavy atom. The van der Waals surface area contributed by atoms with E-state index in [1.165, 1.54) is 47.2 Å². The molecule has 1 saturated heterocycles. The van der Waals surface area contributed by atoms with Crippen molar-refractivity contribution in [3.63, 3.8) is 0 Å². The summed E-state index contributed by atoms with van der Waals surface area (Å²) in [5, 5.41) is 6.95. The van der Waals surface area contributed by atoms with Gasteiger partial charge in [-0.1, -0.05) is 18.2 Å². The molecule has 1 N–H and O–H groups in total. The average Bonchev–Trinajstić information content (AvgIpc) is 3.29. The number of carbonyl (C=O) groups is 1. The number of nitrogens with zero attached hydrogens (tertiary/aromatic N) is 3. The summed E-state index contributed by atoms with van der Waals surface area (Å²) in [6, 6.07) is 12.3. The van der Waals surface area contributed by atoms with Gasteiger partial charge >= 0.3 is 6.18 Å². The van der Waals surface area contributed by atoms with E-state index in [9.17, 15) is 18.0 Å². The molecule has 1 aliphatic rings. The molecule has 180 valence electrons. The van der Waals surface area contributed by atoms with Gasteiger partial charge in [0.1, 0.15) is 0 Å². The van der Waals surface area contributed by atoms with Crippen molar-refractivity contribution < 1.29 is 22.7 Å². The van der Waals surface area contributed by atoms with Crippen molar-refractivity contribution in [2.45, 2.75) is 12.6 Å². The van der Waals surface area contributed by atoms with Gasteiger partial charge in [0.05, 0.1) is 24.6 Å². The normalized spacial score (nSPS) is 14.7. The topological polar surface area (TPSA) is 59.4 Å². The van der Waals surface area contributed by atoms with Crippen LogP contribution in [-0.4, -0.2) is 58.8 Å². The monoisotopic (exact) mass is 490 g/mol. The lowest BCUT2D eigenvalue weighted by molar-refractivity contribution is -0.137. The van der Waals surface area contributed by atoms with Crippen LogP contribution in [0.2, 0.25) is 0 Å². The summed E-state index contributed by atoms with van der Waals surface area (Å²) in [6.07, 6.45) is -2.16. The number of ether oxygens (including phenoxy) is 1. The largest absolute Gasteiger partial charge is 0.493 e. The summed E-state index contributed by atoms with van der Waals surface area (Å²) in [7, 11) is 1.38. The summed E-state index contributed by atoms with van der Waals surface area (Å²) in [5.41, 5.74) is 1.13. The number of benzene rings is 2. The number of hydrogen-bond donors (Lipinski definition) is 1. The highest BCUT2D eigenvalue weighted by Gasteiger charge is 2.30. The van der Waals surface area contributed by atoms with Crippen LogP contribution in [0.1, 0.15) is 21.6 Å². The smallest absolute Gasteiger partial charge is 0.416 e. The number of methoxy groups -OCH3 is 1. The first-order valence-electron chi connectivity index (χ1n) is 10.8. The van der Waals surface area contributed by atoms with E-state index in [1.807, 2.05) is 36.0 Å². The number of thioether (sulfide) groups is 1. The summed E-state index contributed by atoms with van der Waals surface area (Å²) in [6.45, 7) is 3.25. The number of anilines is 1. The molecular weight excluding hydrogens is 465 g/mol. The Hall–Kier alpha value is -2.98. The van der Waals surface area contributed by atoms with Crippen LogP contribution in [0.4, 0.5) is 18.9 Å². The molecule has 10 heteroatoms. The van der Waals surface area contributed by atoms with Crippen molar-refractivity contribution in [2.24, 2.45) is 0 Å². The van der Waals surface area contributed by atoms with Gasteiger partial charge in [-0.05, 0) is 42.3 Å². The van der Waals surface area contributed by atoms with E-state index >= 15 is 0 Å². The lowest BCUT2D eigenvalue weighted by atomic mass is 10.1. The van der Waals surface area contributed by atoms with E-state index < -0.39 is 17.6 Å². The van der Waals surface area contributed by atoms with Crippen molar-refractivity contribution in [1.82, 2.24) is 14.7 Å². The molecule has 0 saturated carbocycles. The highest BCUT2D eigenvalue weighted by atomic mass is 32.2. The molecule has 0 spiro atoms. The molecule has 6 nitrogen and oxygen atoms in total. The predicted octanol–water partition coefficient (Wildman–Crippen LogP) is 4.74. The maximum atomic E-state index is 13.1. The van der Waals surface area contributed by atoms with E-state index in [4.69, 9.17) is 4.74 Å². The molecular formula is C24H25F3N4O2S. The number of halogens is 3. The van der Waals surface area contributed by atoms with E-state index in [2.05, 4.69) is 15.3 Å². The number of rotatable bonds is 7. The minimum Gasteiger partial charge on any atom is -0.493 e. The first-order valence-corrected chi connectivity index (χ1v) is 12.0. The Morgan fingerprint density at radius 1 is 1.15 bits per heavy atom. The Kier molecular flexibility index (Phi) is 7.47. The predicted molar refractivity (Wildman–Crippen MR) is 127 cm³/mol. The molecule has 4 rings (SSSR count). The van der Waals surface area contributed by atoms with E-state index in [-0.39, 0.29) is 17.1 Å². The van der Waals surface area contributed by atoms with Gasteiger partial charge in [-0.15, -0.1) is 0 Å². The van der Waals surface area contributed by atoms with Gasteiger partial charge in [0, 0.05) is 36.8 Å². The molecule has 0 atom stereocenters. The number of carbonyl (C=O) groups excluding carboxylic acids is 1. The Labute approximate surface area is 200 Å². The lowest BCUT2D eigenvalue weighted by Gasteiger charge is -2.26. The van der Waals surface area contributed by atoms with Gasteiger partial charge < -0.3 is 15.0 Å². The van der Waals surface area contributed by atoms with Crippen molar-refractivity contribution in [3.8, 4) is 11.4 Å². The van der Waals surface area contributed by atoms with Crippen LogP contribution in [0.15, 0.2) is 54.7 Å². The van der Waals surface area contributed by atoms with Crippen LogP contribution < -0.4 is 10.1 Å². The summed E-state index contributed by atoms with van der Waals surface area (Å²) in [5.74, 6) is 2.00. The number of aromatic nitrogens is 2.